The maximum absolute atomic E-state index is 12.8. The minimum absolute atomic E-state index is 0.00707. The lowest BCUT2D eigenvalue weighted by Crippen LogP contribution is -2.47. The van der Waals surface area contributed by atoms with Crippen LogP contribution in [-0.2, 0) is 38.6 Å². The molecule has 4 heterocycles. The Kier molecular flexibility index (Phi) is 11.4. The standard InChI is InChI=1S/C18H30N6O2.2C2H4O2/c19-14-4-3-13(11-23(12-14)15-5-8-26-9-6-15)18(25)20-10-17-22-21-16-2-1-7-24(16)17;2*1-2(3)4/h13-15H,1-12,19H2,(H,20,25);2*1H3,(H,3,4)/t13-,14+;;/m1../s1. The zero-order valence-electron chi connectivity index (χ0n) is 20.1. The van der Waals surface area contributed by atoms with Gasteiger partial charge in [0.05, 0.1) is 12.5 Å². The number of nitrogens with two attached hydrogens (primary N) is 1. The number of fused-ring (bicyclic) bond motifs is 1. The normalized spacial score (nSPS) is 22.8. The number of nitrogens with zero attached hydrogens (tertiary/aromatic N) is 4. The second-order valence-corrected chi connectivity index (χ2v) is 8.88. The molecule has 5 N–H and O–H groups in total. The number of carbonyl (C=O) groups is 3. The first-order chi connectivity index (χ1) is 16.2. The molecule has 0 aliphatic carbocycles. The van der Waals surface area contributed by atoms with Gasteiger partial charge in [-0.05, 0) is 32.1 Å². The third-order valence-electron chi connectivity index (χ3n) is 5.99. The summed E-state index contributed by atoms with van der Waals surface area (Å²) in [4.78, 5) is 33.3. The number of aromatic nitrogens is 3. The van der Waals surface area contributed by atoms with Crippen LogP contribution < -0.4 is 11.1 Å². The maximum Gasteiger partial charge on any atom is 0.300 e. The lowest BCUT2D eigenvalue weighted by Gasteiger charge is -2.35. The van der Waals surface area contributed by atoms with Gasteiger partial charge in [0, 0.05) is 65.2 Å². The summed E-state index contributed by atoms with van der Waals surface area (Å²) in [7, 11) is 0. The molecule has 2 fully saturated rings. The Morgan fingerprint density at radius 1 is 1.06 bits per heavy atom. The summed E-state index contributed by atoms with van der Waals surface area (Å²) in [6.07, 6.45) is 5.93. The number of aryl methyl sites for hydroxylation is 1. The molecule has 3 aliphatic heterocycles. The predicted octanol–water partition coefficient (Wildman–Crippen LogP) is 0.241. The molecule has 4 rings (SSSR count). The number of aliphatic carboxylic acids is 2. The van der Waals surface area contributed by atoms with Crippen molar-refractivity contribution in [3.8, 4) is 0 Å². The van der Waals surface area contributed by atoms with Gasteiger partial charge < -0.3 is 30.6 Å². The van der Waals surface area contributed by atoms with E-state index in [0.29, 0.717) is 12.6 Å². The smallest absolute Gasteiger partial charge is 0.300 e. The van der Waals surface area contributed by atoms with Gasteiger partial charge in [-0.3, -0.25) is 19.3 Å². The molecule has 0 aromatic carbocycles. The Morgan fingerprint density at radius 2 is 1.71 bits per heavy atom. The van der Waals surface area contributed by atoms with Crippen molar-refractivity contribution in [2.75, 3.05) is 26.3 Å². The molecule has 2 atom stereocenters. The minimum atomic E-state index is -0.833. The molecule has 0 saturated carbocycles. The number of rotatable bonds is 4. The molecule has 1 amide bonds. The minimum Gasteiger partial charge on any atom is -0.481 e. The first kappa shape index (κ1) is 27.7. The topological polar surface area (TPSA) is 173 Å². The van der Waals surface area contributed by atoms with E-state index in [4.69, 9.17) is 30.3 Å². The maximum atomic E-state index is 12.8. The van der Waals surface area contributed by atoms with Gasteiger partial charge in [-0.25, -0.2) is 0 Å². The van der Waals surface area contributed by atoms with Gasteiger partial charge in [-0.2, -0.15) is 0 Å². The van der Waals surface area contributed by atoms with E-state index in [0.717, 1.165) is 96.9 Å². The van der Waals surface area contributed by atoms with Crippen molar-refractivity contribution < 1.29 is 29.3 Å². The van der Waals surface area contributed by atoms with Crippen molar-refractivity contribution in [1.29, 1.82) is 0 Å². The summed E-state index contributed by atoms with van der Waals surface area (Å²) in [5.74, 6) is 0.358. The van der Waals surface area contributed by atoms with Crippen LogP contribution >= 0.6 is 0 Å². The third kappa shape index (κ3) is 9.35. The second kappa shape index (κ2) is 14.0. The fraction of sp³-hybridized carbons (Fsp3) is 0.773. The Balaban J connectivity index is 0.000000446. The third-order valence-corrected chi connectivity index (χ3v) is 5.99. The summed E-state index contributed by atoms with van der Waals surface area (Å²) < 4.78 is 7.62. The van der Waals surface area contributed by atoms with Gasteiger partial charge in [-0.1, -0.05) is 0 Å². The van der Waals surface area contributed by atoms with E-state index in [9.17, 15) is 4.79 Å². The predicted molar refractivity (Wildman–Crippen MR) is 123 cm³/mol. The average molecular weight is 483 g/mol. The fourth-order valence-corrected chi connectivity index (χ4v) is 4.47. The van der Waals surface area contributed by atoms with E-state index in [1.54, 1.807) is 0 Å². The van der Waals surface area contributed by atoms with Crippen LogP contribution in [0.3, 0.4) is 0 Å². The van der Waals surface area contributed by atoms with Gasteiger partial charge in [-0.15, -0.1) is 10.2 Å². The second-order valence-electron chi connectivity index (χ2n) is 8.88. The van der Waals surface area contributed by atoms with Crippen molar-refractivity contribution in [2.24, 2.45) is 11.7 Å². The lowest BCUT2D eigenvalue weighted by molar-refractivity contribution is -0.135. The van der Waals surface area contributed by atoms with Gasteiger partial charge in [0.25, 0.3) is 11.9 Å². The number of nitrogens with one attached hydrogen (secondary N) is 1. The number of carboxylic acids is 2. The molecule has 0 radical (unpaired) electrons. The number of likely N-dealkylation sites (tertiary alicyclic amines) is 1. The van der Waals surface area contributed by atoms with Crippen molar-refractivity contribution >= 4 is 17.8 Å². The largest absolute Gasteiger partial charge is 0.481 e. The highest BCUT2D eigenvalue weighted by atomic mass is 16.5. The Morgan fingerprint density at radius 3 is 2.35 bits per heavy atom. The summed E-state index contributed by atoms with van der Waals surface area (Å²) in [5.41, 5.74) is 6.28. The van der Waals surface area contributed by atoms with E-state index in [1.165, 1.54) is 0 Å². The number of hydrogen-bond acceptors (Lipinski definition) is 8. The Hall–Kier alpha value is -2.57. The zero-order valence-corrected chi connectivity index (χ0v) is 20.1. The van der Waals surface area contributed by atoms with Crippen LogP contribution in [0.1, 0.15) is 57.6 Å². The summed E-state index contributed by atoms with van der Waals surface area (Å²) in [5, 5.41) is 26.4. The number of ether oxygens (including phenoxy) is 1. The number of carbonyl (C=O) groups excluding carboxylic acids is 1. The summed E-state index contributed by atoms with van der Waals surface area (Å²) in [6.45, 7) is 6.89. The molecular formula is C22H38N6O6. The van der Waals surface area contributed by atoms with Crippen molar-refractivity contribution in [2.45, 2.75) is 77.5 Å². The lowest BCUT2D eigenvalue weighted by atomic mass is 10.0. The highest BCUT2D eigenvalue weighted by molar-refractivity contribution is 5.78. The van der Waals surface area contributed by atoms with Crippen LogP contribution in [0, 0.1) is 5.92 Å². The molecule has 12 nitrogen and oxygen atoms in total. The van der Waals surface area contributed by atoms with E-state index in [-0.39, 0.29) is 17.9 Å². The molecule has 3 aliphatic rings. The van der Waals surface area contributed by atoms with Crippen LogP contribution in [0.5, 0.6) is 0 Å². The molecule has 192 valence electrons. The number of amides is 1. The van der Waals surface area contributed by atoms with Crippen LogP contribution in [-0.4, -0.2) is 86.1 Å². The summed E-state index contributed by atoms with van der Waals surface area (Å²) >= 11 is 0. The molecule has 34 heavy (non-hydrogen) atoms. The van der Waals surface area contributed by atoms with Crippen LogP contribution in [0.2, 0.25) is 0 Å². The Labute approximate surface area is 199 Å². The van der Waals surface area contributed by atoms with Gasteiger partial charge in [0.2, 0.25) is 5.91 Å². The van der Waals surface area contributed by atoms with Gasteiger partial charge >= 0.3 is 0 Å². The molecule has 1 aromatic rings. The first-order valence-electron chi connectivity index (χ1n) is 11.8. The molecule has 0 unspecified atom stereocenters. The van der Waals surface area contributed by atoms with Crippen LogP contribution in [0.4, 0.5) is 0 Å². The molecule has 1 aromatic heterocycles. The highest BCUT2D eigenvalue weighted by Gasteiger charge is 2.31. The van der Waals surface area contributed by atoms with Crippen molar-refractivity contribution in [1.82, 2.24) is 25.0 Å². The molecular weight excluding hydrogens is 444 g/mol. The highest BCUT2D eigenvalue weighted by Crippen LogP contribution is 2.23. The van der Waals surface area contributed by atoms with Crippen LogP contribution in [0.15, 0.2) is 0 Å². The zero-order chi connectivity index (χ0) is 25.1. The van der Waals surface area contributed by atoms with E-state index in [1.807, 2.05) is 0 Å². The van der Waals surface area contributed by atoms with E-state index < -0.39 is 11.9 Å². The number of hydrogen-bond donors (Lipinski definition) is 4. The average Bonchev–Trinajstić information content (AvgIpc) is 3.32. The monoisotopic (exact) mass is 482 g/mol. The molecule has 12 heteroatoms. The SMILES string of the molecule is CC(=O)O.CC(=O)O.N[C@H]1CC[C@@H](C(=O)NCc2nnc3n2CCC3)CN(C2CCOCC2)C1. The van der Waals surface area contributed by atoms with E-state index >= 15 is 0 Å². The summed E-state index contributed by atoms with van der Waals surface area (Å²) in [6, 6.07) is 0.637. The van der Waals surface area contributed by atoms with Gasteiger partial charge in [0.15, 0.2) is 5.82 Å². The first-order valence-corrected chi connectivity index (χ1v) is 11.8. The van der Waals surface area contributed by atoms with Crippen LogP contribution in [0.25, 0.3) is 0 Å². The van der Waals surface area contributed by atoms with Crippen molar-refractivity contribution in [3.05, 3.63) is 11.6 Å². The van der Waals surface area contributed by atoms with E-state index in [2.05, 4.69) is 25.0 Å². The van der Waals surface area contributed by atoms with Crippen molar-refractivity contribution in [3.63, 3.8) is 0 Å². The van der Waals surface area contributed by atoms with Gasteiger partial charge in [0.1, 0.15) is 5.82 Å². The number of carboxylic acid groups (broad SMARTS) is 2. The quantitative estimate of drug-likeness (QED) is 0.465. The fourth-order valence-electron chi connectivity index (χ4n) is 4.47. The molecule has 0 bridgehead atoms. The molecule has 0 spiro atoms. The Bertz CT molecular complexity index is 790. The molecule has 2 saturated heterocycles.